The third-order valence-electron chi connectivity index (χ3n) is 4.91. The molecule has 0 aliphatic heterocycles. The number of benzene rings is 2. The monoisotopic (exact) mass is 437 g/mol. The van der Waals surface area contributed by atoms with Gasteiger partial charge in [-0.05, 0) is 42.8 Å². The summed E-state index contributed by atoms with van der Waals surface area (Å²) < 4.78 is 47.5. The summed E-state index contributed by atoms with van der Waals surface area (Å²) in [5, 5.41) is 3.08. The van der Waals surface area contributed by atoms with Gasteiger partial charge in [0.05, 0.1) is 12.8 Å². The second-order valence-corrected chi connectivity index (χ2v) is 6.97. The Hall–Kier alpha value is -4.07. The number of hydrogen-bond donors (Lipinski definition) is 2. The Bertz CT molecular complexity index is 1360. The van der Waals surface area contributed by atoms with Gasteiger partial charge in [0.15, 0.2) is 11.6 Å². The van der Waals surface area contributed by atoms with Crippen molar-refractivity contribution in [3.8, 4) is 28.0 Å². The Morgan fingerprint density at radius 2 is 1.88 bits per heavy atom. The van der Waals surface area contributed by atoms with E-state index in [1.165, 1.54) is 31.4 Å². The van der Waals surface area contributed by atoms with Crippen LogP contribution in [0.2, 0.25) is 0 Å². The quantitative estimate of drug-likeness (QED) is 0.386. The summed E-state index contributed by atoms with van der Waals surface area (Å²) >= 11 is 0. The van der Waals surface area contributed by atoms with Crippen molar-refractivity contribution in [1.82, 2.24) is 9.97 Å². The zero-order chi connectivity index (χ0) is 22.8. The standard InChI is InChI=1S/C24H18F3N3O2/c1-3-4-22(31)30-21-8-13(5-6-19(21)26)14-7-17-18(12-29-24(17)28-11-14)16-9-15(25)10-20(27)23(16)32-2/h3-12H,1-2H3,(H,28,29)(H,30,31). The Balaban J connectivity index is 1.82. The summed E-state index contributed by atoms with van der Waals surface area (Å²) in [5.41, 5.74) is 2.46. The molecule has 2 aromatic carbocycles. The highest BCUT2D eigenvalue weighted by Crippen LogP contribution is 2.38. The van der Waals surface area contributed by atoms with Crippen LogP contribution in [0.1, 0.15) is 6.92 Å². The van der Waals surface area contributed by atoms with Gasteiger partial charge in [0.25, 0.3) is 0 Å². The average Bonchev–Trinajstić information content (AvgIpc) is 3.18. The SMILES string of the molecule is CC=CC(=O)Nc1cc(-c2cnc3[nH]cc(-c4cc(F)cc(F)c4OC)c3c2)ccc1F. The maximum atomic E-state index is 14.2. The third-order valence-corrected chi connectivity index (χ3v) is 4.91. The van der Waals surface area contributed by atoms with E-state index in [1.54, 1.807) is 37.5 Å². The van der Waals surface area contributed by atoms with Gasteiger partial charge in [0.1, 0.15) is 17.3 Å². The number of fused-ring (bicyclic) bond motifs is 1. The summed E-state index contributed by atoms with van der Waals surface area (Å²) in [4.78, 5) is 19.2. The van der Waals surface area contributed by atoms with Gasteiger partial charge in [0.2, 0.25) is 5.91 Å². The lowest BCUT2D eigenvalue weighted by atomic mass is 10.0. The number of amides is 1. The van der Waals surface area contributed by atoms with Crippen molar-refractivity contribution in [2.75, 3.05) is 12.4 Å². The van der Waals surface area contributed by atoms with E-state index in [1.807, 2.05) is 0 Å². The van der Waals surface area contributed by atoms with Crippen LogP contribution < -0.4 is 10.1 Å². The maximum absolute atomic E-state index is 14.2. The van der Waals surface area contributed by atoms with Crippen molar-refractivity contribution < 1.29 is 22.7 Å². The van der Waals surface area contributed by atoms with Crippen LogP contribution in [0.15, 0.2) is 60.9 Å². The summed E-state index contributed by atoms with van der Waals surface area (Å²) in [6.07, 6.45) is 6.01. The van der Waals surface area contributed by atoms with E-state index in [0.29, 0.717) is 27.7 Å². The molecule has 162 valence electrons. The summed E-state index contributed by atoms with van der Waals surface area (Å²) in [7, 11) is 1.31. The van der Waals surface area contributed by atoms with Crippen LogP contribution >= 0.6 is 0 Å². The molecule has 2 aromatic heterocycles. The van der Waals surface area contributed by atoms with Crippen molar-refractivity contribution in [2.45, 2.75) is 6.92 Å². The number of allylic oxidation sites excluding steroid dienone is 1. The fourth-order valence-electron chi connectivity index (χ4n) is 3.48. The van der Waals surface area contributed by atoms with E-state index >= 15 is 0 Å². The molecule has 2 heterocycles. The van der Waals surface area contributed by atoms with Crippen molar-refractivity contribution in [3.63, 3.8) is 0 Å². The number of carbonyl (C=O) groups excluding carboxylic acids is 1. The van der Waals surface area contributed by atoms with Crippen molar-refractivity contribution in [1.29, 1.82) is 0 Å². The second kappa shape index (κ2) is 8.58. The minimum Gasteiger partial charge on any atom is -0.493 e. The van der Waals surface area contributed by atoms with Gasteiger partial charge in [-0.15, -0.1) is 0 Å². The fraction of sp³-hybridized carbons (Fsp3) is 0.0833. The molecule has 0 saturated heterocycles. The number of H-pyrrole nitrogens is 1. The molecule has 32 heavy (non-hydrogen) atoms. The molecule has 0 spiro atoms. The molecule has 0 aliphatic carbocycles. The predicted molar refractivity (Wildman–Crippen MR) is 117 cm³/mol. The van der Waals surface area contributed by atoms with Crippen molar-refractivity contribution >= 4 is 22.6 Å². The first-order valence-electron chi connectivity index (χ1n) is 9.65. The zero-order valence-corrected chi connectivity index (χ0v) is 17.2. The molecule has 0 aliphatic rings. The highest BCUT2D eigenvalue weighted by molar-refractivity contribution is 6.00. The molecule has 0 fully saturated rings. The number of halogens is 3. The predicted octanol–water partition coefficient (Wildman–Crippen LogP) is 5.84. The van der Waals surface area contributed by atoms with Gasteiger partial charge in [-0.3, -0.25) is 4.79 Å². The Morgan fingerprint density at radius 3 is 2.62 bits per heavy atom. The summed E-state index contributed by atoms with van der Waals surface area (Å²) in [5.74, 6) is -2.68. The number of anilines is 1. The number of nitrogens with zero attached hydrogens (tertiary/aromatic N) is 1. The van der Waals surface area contributed by atoms with Crippen LogP contribution in [0, 0.1) is 17.5 Å². The van der Waals surface area contributed by atoms with Crippen LogP contribution in [-0.4, -0.2) is 23.0 Å². The van der Waals surface area contributed by atoms with E-state index in [2.05, 4.69) is 15.3 Å². The van der Waals surface area contributed by atoms with Crippen molar-refractivity contribution in [3.05, 3.63) is 78.4 Å². The minimum atomic E-state index is -0.819. The zero-order valence-electron chi connectivity index (χ0n) is 17.2. The van der Waals surface area contributed by atoms with E-state index in [-0.39, 0.29) is 17.0 Å². The summed E-state index contributed by atoms with van der Waals surface area (Å²) in [6, 6.07) is 7.99. The molecule has 0 saturated carbocycles. The van der Waals surface area contributed by atoms with Gasteiger partial charge in [-0.25, -0.2) is 18.2 Å². The van der Waals surface area contributed by atoms with Gasteiger partial charge >= 0.3 is 0 Å². The number of hydrogen-bond acceptors (Lipinski definition) is 3. The van der Waals surface area contributed by atoms with Crippen molar-refractivity contribution in [2.24, 2.45) is 0 Å². The van der Waals surface area contributed by atoms with E-state index in [0.717, 1.165) is 6.07 Å². The number of nitrogens with one attached hydrogen (secondary N) is 2. The number of pyridine rings is 1. The second-order valence-electron chi connectivity index (χ2n) is 6.97. The molecule has 0 unspecified atom stereocenters. The normalized spacial score (nSPS) is 11.3. The molecule has 0 atom stereocenters. The van der Waals surface area contributed by atoms with Crippen LogP contribution in [-0.2, 0) is 4.79 Å². The van der Waals surface area contributed by atoms with Gasteiger partial charge in [-0.2, -0.15) is 0 Å². The number of carbonyl (C=O) groups is 1. The lowest BCUT2D eigenvalue weighted by Gasteiger charge is -2.10. The Labute approximate surface area is 181 Å². The highest BCUT2D eigenvalue weighted by atomic mass is 19.1. The molecule has 2 N–H and O–H groups in total. The lowest BCUT2D eigenvalue weighted by molar-refractivity contribution is -0.111. The molecule has 0 radical (unpaired) electrons. The number of aromatic nitrogens is 2. The van der Waals surface area contributed by atoms with Crippen LogP contribution in [0.5, 0.6) is 5.75 Å². The maximum Gasteiger partial charge on any atom is 0.248 e. The number of ether oxygens (including phenoxy) is 1. The number of rotatable bonds is 5. The molecule has 8 heteroatoms. The molecular weight excluding hydrogens is 419 g/mol. The highest BCUT2D eigenvalue weighted by Gasteiger charge is 2.18. The lowest BCUT2D eigenvalue weighted by Crippen LogP contribution is -2.09. The Kier molecular flexibility index (Phi) is 5.68. The topological polar surface area (TPSA) is 67.0 Å². The number of aromatic amines is 1. The fourth-order valence-corrected chi connectivity index (χ4v) is 3.48. The molecule has 1 amide bonds. The minimum absolute atomic E-state index is 0.0221. The third kappa shape index (κ3) is 3.94. The first-order chi connectivity index (χ1) is 15.4. The first-order valence-corrected chi connectivity index (χ1v) is 9.65. The Morgan fingerprint density at radius 1 is 1.06 bits per heavy atom. The largest absolute Gasteiger partial charge is 0.493 e. The van der Waals surface area contributed by atoms with E-state index < -0.39 is 23.4 Å². The average molecular weight is 437 g/mol. The van der Waals surface area contributed by atoms with Crippen LogP contribution in [0.4, 0.5) is 18.9 Å². The molecule has 0 bridgehead atoms. The van der Waals surface area contributed by atoms with Crippen LogP contribution in [0.3, 0.4) is 0 Å². The number of methoxy groups -OCH3 is 1. The molecular formula is C24H18F3N3O2. The van der Waals surface area contributed by atoms with Gasteiger partial charge < -0.3 is 15.0 Å². The molecule has 5 nitrogen and oxygen atoms in total. The van der Waals surface area contributed by atoms with E-state index in [9.17, 15) is 18.0 Å². The van der Waals surface area contributed by atoms with E-state index in [4.69, 9.17) is 4.74 Å². The van der Waals surface area contributed by atoms with Gasteiger partial charge in [0, 0.05) is 40.5 Å². The first kappa shape index (κ1) is 21.2. The van der Waals surface area contributed by atoms with Crippen LogP contribution in [0.25, 0.3) is 33.3 Å². The molecule has 4 rings (SSSR count). The van der Waals surface area contributed by atoms with Gasteiger partial charge in [-0.1, -0.05) is 12.1 Å². The summed E-state index contributed by atoms with van der Waals surface area (Å²) in [6.45, 7) is 1.68. The molecule has 4 aromatic rings. The smallest absolute Gasteiger partial charge is 0.248 e.